The number of rotatable bonds is 2. The van der Waals surface area contributed by atoms with Crippen LogP contribution in [0.15, 0.2) is 24.3 Å². The fourth-order valence-corrected chi connectivity index (χ4v) is 2.53. The topological polar surface area (TPSA) is 12.0 Å². The molecule has 0 aliphatic heterocycles. The molecule has 1 unspecified atom stereocenters. The first kappa shape index (κ1) is 11.4. The van der Waals surface area contributed by atoms with Crippen LogP contribution in [-0.4, -0.2) is 6.04 Å². The molecular weight excluding hydrogens is 201 g/mol. The normalized spacial score (nSPS) is 24.1. The van der Waals surface area contributed by atoms with Crippen molar-refractivity contribution >= 4 is 5.69 Å². The third-order valence-corrected chi connectivity index (χ3v) is 3.71. The first-order valence-electron chi connectivity index (χ1n) is 6.11. The van der Waals surface area contributed by atoms with E-state index in [1.165, 1.54) is 25.3 Å². The van der Waals surface area contributed by atoms with Crippen LogP contribution in [-0.2, 0) is 0 Å². The van der Waals surface area contributed by atoms with E-state index in [2.05, 4.69) is 19.2 Å². The molecule has 1 aliphatic rings. The van der Waals surface area contributed by atoms with Crippen molar-refractivity contribution in [2.24, 2.45) is 5.41 Å². The Bertz CT molecular complexity index is 360. The van der Waals surface area contributed by atoms with E-state index >= 15 is 0 Å². The van der Waals surface area contributed by atoms with E-state index in [1.807, 2.05) is 12.1 Å². The van der Waals surface area contributed by atoms with Crippen LogP contribution in [0.3, 0.4) is 0 Å². The Kier molecular flexibility index (Phi) is 3.17. The van der Waals surface area contributed by atoms with Gasteiger partial charge >= 0.3 is 0 Å². The highest BCUT2D eigenvalue weighted by Crippen LogP contribution is 2.37. The van der Waals surface area contributed by atoms with Gasteiger partial charge in [-0.1, -0.05) is 38.8 Å². The van der Waals surface area contributed by atoms with E-state index in [9.17, 15) is 4.39 Å². The summed E-state index contributed by atoms with van der Waals surface area (Å²) >= 11 is 0. The monoisotopic (exact) mass is 221 g/mol. The van der Waals surface area contributed by atoms with Gasteiger partial charge in [0.05, 0.1) is 5.69 Å². The van der Waals surface area contributed by atoms with E-state index < -0.39 is 0 Å². The first-order chi connectivity index (χ1) is 7.59. The Morgan fingerprint density at radius 1 is 1.25 bits per heavy atom. The minimum Gasteiger partial charge on any atom is -0.379 e. The van der Waals surface area contributed by atoms with Crippen molar-refractivity contribution in [3.8, 4) is 0 Å². The predicted molar refractivity (Wildman–Crippen MR) is 66.1 cm³/mol. The number of anilines is 1. The SMILES string of the molecule is CC1(C)CCCCC1Nc1ccccc1F. The lowest BCUT2D eigenvalue weighted by atomic mass is 9.73. The molecule has 1 aromatic rings. The van der Waals surface area contributed by atoms with Gasteiger partial charge in [-0.15, -0.1) is 0 Å². The largest absolute Gasteiger partial charge is 0.379 e. The molecule has 1 nitrogen and oxygen atoms in total. The molecular formula is C14H20FN. The van der Waals surface area contributed by atoms with Crippen molar-refractivity contribution in [2.75, 3.05) is 5.32 Å². The van der Waals surface area contributed by atoms with Gasteiger partial charge < -0.3 is 5.32 Å². The molecule has 88 valence electrons. The maximum atomic E-state index is 13.5. The number of hydrogen-bond acceptors (Lipinski definition) is 1. The van der Waals surface area contributed by atoms with Crippen LogP contribution >= 0.6 is 0 Å². The second kappa shape index (κ2) is 4.44. The average molecular weight is 221 g/mol. The molecule has 0 saturated heterocycles. The van der Waals surface area contributed by atoms with E-state index in [0.717, 1.165) is 6.42 Å². The highest BCUT2D eigenvalue weighted by atomic mass is 19.1. The predicted octanol–water partition coefficient (Wildman–Crippen LogP) is 4.21. The summed E-state index contributed by atoms with van der Waals surface area (Å²) in [6, 6.07) is 7.32. The molecule has 0 radical (unpaired) electrons. The first-order valence-corrected chi connectivity index (χ1v) is 6.11. The fourth-order valence-electron chi connectivity index (χ4n) is 2.53. The van der Waals surface area contributed by atoms with Crippen molar-refractivity contribution in [2.45, 2.75) is 45.6 Å². The van der Waals surface area contributed by atoms with Gasteiger partial charge in [0.25, 0.3) is 0 Å². The summed E-state index contributed by atoms with van der Waals surface area (Å²) in [7, 11) is 0. The summed E-state index contributed by atoms with van der Waals surface area (Å²) in [5, 5.41) is 3.36. The third kappa shape index (κ3) is 2.37. The Hall–Kier alpha value is -1.05. The third-order valence-electron chi connectivity index (χ3n) is 3.71. The smallest absolute Gasteiger partial charge is 0.146 e. The number of benzene rings is 1. The highest BCUT2D eigenvalue weighted by Gasteiger charge is 2.32. The molecule has 16 heavy (non-hydrogen) atoms. The quantitative estimate of drug-likeness (QED) is 0.789. The lowest BCUT2D eigenvalue weighted by Gasteiger charge is -2.39. The van der Waals surface area contributed by atoms with Crippen LogP contribution in [0.1, 0.15) is 39.5 Å². The van der Waals surface area contributed by atoms with Gasteiger partial charge in [0.1, 0.15) is 5.82 Å². The minimum atomic E-state index is -0.149. The van der Waals surface area contributed by atoms with Crippen LogP contribution in [0.25, 0.3) is 0 Å². The van der Waals surface area contributed by atoms with Crippen molar-refractivity contribution < 1.29 is 4.39 Å². The zero-order valence-corrected chi connectivity index (χ0v) is 10.1. The van der Waals surface area contributed by atoms with Crippen LogP contribution in [0.2, 0.25) is 0 Å². The van der Waals surface area contributed by atoms with Gasteiger partial charge in [-0.3, -0.25) is 0 Å². The Morgan fingerprint density at radius 3 is 2.69 bits per heavy atom. The van der Waals surface area contributed by atoms with Crippen molar-refractivity contribution in [1.29, 1.82) is 0 Å². The van der Waals surface area contributed by atoms with E-state index in [0.29, 0.717) is 11.7 Å². The molecule has 2 rings (SSSR count). The molecule has 2 heteroatoms. The number of para-hydroxylation sites is 1. The maximum absolute atomic E-state index is 13.5. The lowest BCUT2D eigenvalue weighted by Crippen LogP contribution is -2.39. The van der Waals surface area contributed by atoms with Gasteiger partial charge in [0.15, 0.2) is 0 Å². The average Bonchev–Trinajstić information content (AvgIpc) is 2.24. The summed E-state index contributed by atoms with van der Waals surface area (Å²) in [4.78, 5) is 0. The second-order valence-electron chi connectivity index (χ2n) is 5.41. The summed E-state index contributed by atoms with van der Waals surface area (Å²) in [5.74, 6) is -0.149. The van der Waals surface area contributed by atoms with Gasteiger partial charge in [0.2, 0.25) is 0 Å². The molecule has 0 aromatic heterocycles. The van der Waals surface area contributed by atoms with Crippen molar-refractivity contribution in [3.05, 3.63) is 30.1 Å². The van der Waals surface area contributed by atoms with Crippen molar-refractivity contribution in [1.82, 2.24) is 0 Å². The maximum Gasteiger partial charge on any atom is 0.146 e. The summed E-state index contributed by atoms with van der Waals surface area (Å²) in [6.45, 7) is 4.54. The number of halogens is 1. The minimum absolute atomic E-state index is 0.149. The fraction of sp³-hybridized carbons (Fsp3) is 0.571. The van der Waals surface area contributed by atoms with Crippen LogP contribution in [0, 0.1) is 11.2 Å². The Morgan fingerprint density at radius 2 is 2.00 bits per heavy atom. The summed E-state index contributed by atoms with van der Waals surface area (Å²) in [6.07, 6.45) is 4.90. The molecule has 1 aliphatic carbocycles. The van der Waals surface area contributed by atoms with Gasteiger partial charge in [-0.05, 0) is 30.4 Å². The lowest BCUT2D eigenvalue weighted by molar-refractivity contribution is 0.216. The molecule has 0 heterocycles. The molecule has 1 saturated carbocycles. The standard InChI is InChI=1S/C14H20FN/c1-14(2)10-6-5-9-13(14)16-12-8-4-3-7-11(12)15/h3-4,7-8,13,16H,5-6,9-10H2,1-2H3. The molecule has 1 atom stereocenters. The van der Waals surface area contributed by atoms with Crippen molar-refractivity contribution in [3.63, 3.8) is 0 Å². The molecule has 1 aromatic carbocycles. The summed E-state index contributed by atoms with van der Waals surface area (Å²) in [5.41, 5.74) is 0.906. The number of nitrogens with one attached hydrogen (secondary N) is 1. The molecule has 0 spiro atoms. The summed E-state index contributed by atoms with van der Waals surface area (Å²) < 4.78 is 13.5. The molecule has 1 fully saturated rings. The number of hydrogen-bond donors (Lipinski definition) is 1. The highest BCUT2D eigenvalue weighted by molar-refractivity contribution is 5.45. The molecule has 0 amide bonds. The molecule has 0 bridgehead atoms. The van der Waals surface area contributed by atoms with Gasteiger partial charge in [-0.2, -0.15) is 0 Å². The van der Waals surface area contributed by atoms with Crippen LogP contribution in [0.5, 0.6) is 0 Å². The van der Waals surface area contributed by atoms with E-state index in [-0.39, 0.29) is 11.2 Å². The zero-order chi connectivity index (χ0) is 11.6. The van der Waals surface area contributed by atoms with Crippen LogP contribution in [0.4, 0.5) is 10.1 Å². The second-order valence-corrected chi connectivity index (χ2v) is 5.41. The Balaban J connectivity index is 2.12. The van der Waals surface area contributed by atoms with Gasteiger partial charge in [-0.25, -0.2) is 4.39 Å². The van der Waals surface area contributed by atoms with E-state index in [1.54, 1.807) is 6.07 Å². The zero-order valence-electron chi connectivity index (χ0n) is 10.1. The van der Waals surface area contributed by atoms with E-state index in [4.69, 9.17) is 0 Å². The van der Waals surface area contributed by atoms with Gasteiger partial charge in [0, 0.05) is 6.04 Å². The van der Waals surface area contributed by atoms with Crippen LogP contribution < -0.4 is 5.32 Å². The Labute approximate surface area is 97.1 Å². The molecule has 1 N–H and O–H groups in total.